The Morgan fingerprint density at radius 3 is 3.00 bits per heavy atom. The van der Waals surface area contributed by atoms with Crippen LogP contribution in [0.25, 0.3) is 10.9 Å². The molecule has 95 valence electrons. The maximum Gasteiger partial charge on any atom is 0.143 e. The van der Waals surface area contributed by atoms with Gasteiger partial charge in [-0.2, -0.15) is 0 Å². The van der Waals surface area contributed by atoms with Crippen molar-refractivity contribution in [1.82, 2.24) is 4.57 Å². The molecule has 1 aliphatic heterocycles. The van der Waals surface area contributed by atoms with Gasteiger partial charge >= 0.3 is 0 Å². The average molecular weight is 244 g/mol. The van der Waals surface area contributed by atoms with Crippen LogP contribution in [0, 0.1) is 12.0 Å². The Kier molecular flexibility index (Phi) is 3.24. The van der Waals surface area contributed by atoms with Crippen LogP contribution in [0.3, 0.4) is 0 Å². The van der Waals surface area contributed by atoms with Crippen LogP contribution in [0.2, 0.25) is 0 Å². The lowest BCUT2D eigenvalue weighted by Gasteiger charge is -2.23. The molecule has 1 saturated heterocycles. The highest BCUT2D eigenvalue weighted by molar-refractivity contribution is 5.85. The molecule has 0 unspecified atom stereocenters. The van der Waals surface area contributed by atoms with Crippen molar-refractivity contribution >= 4 is 10.9 Å². The van der Waals surface area contributed by atoms with Gasteiger partial charge in [0.05, 0.1) is 12.6 Å². The maximum absolute atomic E-state index is 5.45. The van der Waals surface area contributed by atoms with Crippen molar-refractivity contribution < 1.29 is 9.47 Å². The maximum atomic E-state index is 5.45. The zero-order valence-electron chi connectivity index (χ0n) is 10.7. The number of para-hydroxylation sites is 1. The van der Waals surface area contributed by atoms with E-state index >= 15 is 0 Å². The second-order valence-electron chi connectivity index (χ2n) is 4.84. The second kappa shape index (κ2) is 5.02. The van der Waals surface area contributed by atoms with Gasteiger partial charge in [0, 0.05) is 37.4 Å². The van der Waals surface area contributed by atoms with E-state index in [-0.39, 0.29) is 0 Å². The molecule has 1 aromatic carbocycles. The summed E-state index contributed by atoms with van der Waals surface area (Å²) >= 11 is 0. The molecule has 3 heteroatoms. The lowest BCUT2D eigenvalue weighted by atomic mass is 10.0. The van der Waals surface area contributed by atoms with E-state index < -0.39 is 0 Å². The number of benzene rings is 1. The Balaban J connectivity index is 1.91. The first-order valence-corrected chi connectivity index (χ1v) is 6.50. The van der Waals surface area contributed by atoms with Gasteiger partial charge in [-0.3, -0.25) is 0 Å². The zero-order valence-corrected chi connectivity index (χ0v) is 10.7. The number of hydrogen-bond acceptors (Lipinski definition) is 2. The smallest absolute Gasteiger partial charge is 0.143 e. The molecule has 1 radical (unpaired) electrons. The van der Waals surface area contributed by atoms with Crippen LogP contribution >= 0.6 is 0 Å². The Labute approximate surface area is 107 Å². The lowest BCUT2D eigenvalue weighted by molar-refractivity contribution is 0.0616. The van der Waals surface area contributed by atoms with Gasteiger partial charge in [-0.05, 0) is 24.8 Å². The molecule has 1 aliphatic rings. The Bertz CT molecular complexity index is 526. The van der Waals surface area contributed by atoms with Gasteiger partial charge in [0.2, 0.25) is 0 Å². The van der Waals surface area contributed by atoms with E-state index in [4.69, 9.17) is 9.47 Å². The van der Waals surface area contributed by atoms with Crippen LogP contribution in [-0.4, -0.2) is 24.9 Å². The van der Waals surface area contributed by atoms with E-state index in [1.54, 1.807) is 7.11 Å². The minimum atomic E-state index is 0.702. The molecule has 1 fully saturated rings. The topological polar surface area (TPSA) is 23.4 Å². The van der Waals surface area contributed by atoms with Gasteiger partial charge in [0.25, 0.3) is 0 Å². The molecule has 3 nitrogen and oxygen atoms in total. The molecule has 2 aromatic rings. The van der Waals surface area contributed by atoms with Crippen LogP contribution in [0.5, 0.6) is 5.75 Å². The third-order valence-corrected chi connectivity index (χ3v) is 3.68. The number of methoxy groups -OCH3 is 1. The first-order chi connectivity index (χ1) is 8.88. The number of rotatable bonds is 3. The molecule has 1 aromatic heterocycles. The van der Waals surface area contributed by atoms with Crippen LogP contribution in [0.4, 0.5) is 0 Å². The van der Waals surface area contributed by atoms with Crippen molar-refractivity contribution in [3.63, 3.8) is 0 Å². The van der Waals surface area contributed by atoms with Gasteiger partial charge in [0.15, 0.2) is 0 Å². The number of fused-ring (bicyclic) bond motifs is 1. The molecule has 0 aliphatic carbocycles. The Hall–Kier alpha value is -1.48. The predicted octanol–water partition coefficient (Wildman–Crippen LogP) is 2.88. The summed E-state index contributed by atoms with van der Waals surface area (Å²) < 4.78 is 13.1. The molecule has 0 amide bonds. The summed E-state index contributed by atoms with van der Waals surface area (Å²) in [6.45, 7) is 2.82. The first kappa shape index (κ1) is 11.6. The number of aromatic nitrogens is 1. The summed E-state index contributed by atoms with van der Waals surface area (Å²) in [6.07, 6.45) is 4.34. The van der Waals surface area contributed by atoms with Gasteiger partial charge in [-0.15, -0.1) is 0 Å². The molecule has 0 bridgehead atoms. The summed E-state index contributed by atoms with van der Waals surface area (Å²) in [7, 11) is 1.72. The molecule has 2 heterocycles. The predicted molar refractivity (Wildman–Crippen MR) is 70.9 cm³/mol. The lowest BCUT2D eigenvalue weighted by Crippen LogP contribution is -2.20. The van der Waals surface area contributed by atoms with E-state index in [0.29, 0.717) is 5.92 Å². The number of ether oxygens (including phenoxy) is 2. The van der Waals surface area contributed by atoms with Crippen molar-refractivity contribution in [2.24, 2.45) is 5.92 Å². The SMILES string of the molecule is COc1cccc2[c]cn(CC3CCOCC3)c12. The van der Waals surface area contributed by atoms with Gasteiger partial charge in [-0.25, -0.2) is 0 Å². The fourth-order valence-electron chi connectivity index (χ4n) is 2.66. The fourth-order valence-corrected chi connectivity index (χ4v) is 2.66. The number of nitrogens with zero attached hydrogens (tertiary/aromatic N) is 1. The van der Waals surface area contributed by atoms with E-state index in [1.165, 1.54) is 0 Å². The fraction of sp³-hybridized carbons (Fsp3) is 0.467. The van der Waals surface area contributed by atoms with E-state index in [2.05, 4.69) is 16.7 Å². The van der Waals surface area contributed by atoms with Gasteiger partial charge < -0.3 is 14.0 Å². The average Bonchev–Trinajstić information content (AvgIpc) is 2.83. The number of hydrogen-bond donors (Lipinski definition) is 0. The van der Waals surface area contributed by atoms with Crippen LogP contribution in [-0.2, 0) is 11.3 Å². The molecular weight excluding hydrogens is 226 g/mol. The van der Waals surface area contributed by atoms with Crippen LogP contribution in [0.15, 0.2) is 24.4 Å². The Morgan fingerprint density at radius 1 is 1.39 bits per heavy atom. The third-order valence-electron chi connectivity index (χ3n) is 3.68. The summed E-state index contributed by atoms with van der Waals surface area (Å²) in [4.78, 5) is 0. The van der Waals surface area contributed by atoms with E-state index in [1.807, 2.05) is 18.3 Å². The summed E-state index contributed by atoms with van der Waals surface area (Å²) in [5.74, 6) is 1.63. The zero-order chi connectivity index (χ0) is 12.4. The third kappa shape index (κ3) is 2.10. The summed E-state index contributed by atoms with van der Waals surface area (Å²) in [6, 6.07) is 9.41. The first-order valence-electron chi connectivity index (χ1n) is 6.50. The minimum Gasteiger partial charge on any atom is -0.495 e. The normalized spacial score (nSPS) is 17.2. The highest BCUT2D eigenvalue weighted by Gasteiger charge is 2.16. The molecule has 0 atom stereocenters. The van der Waals surface area contributed by atoms with E-state index in [0.717, 1.165) is 49.3 Å². The van der Waals surface area contributed by atoms with Crippen LogP contribution < -0.4 is 4.74 Å². The van der Waals surface area contributed by atoms with Crippen molar-refractivity contribution in [2.45, 2.75) is 19.4 Å². The van der Waals surface area contributed by atoms with Gasteiger partial charge in [0.1, 0.15) is 5.75 Å². The quantitative estimate of drug-likeness (QED) is 0.828. The van der Waals surface area contributed by atoms with E-state index in [9.17, 15) is 0 Å². The summed E-state index contributed by atoms with van der Waals surface area (Å²) in [5, 5.41) is 1.13. The molecule has 0 saturated carbocycles. The molecule has 18 heavy (non-hydrogen) atoms. The highest BCUT2D eigenvalue weighted by Crippen LogP contribution is 2.28. The molecule has 0 spiro atoms. The van der Waals surface area contributed by atoms with Gasteiger partial charge in [-0.1, -0.05) is 12.1 Å². The van der Waals surface area contributed by atoms with Crippen molar-refractivity contribution in [2.75, 3.05) is 20.3 Å². The largest absolute Gasteiger partial charge is 0.495 e. The second-order valence-corrected chi connectivity index (χ2v) is 4.84. The standard InChI is InChI=1S/C15H18NO2/c1-17-14-4-2-3-13-5-8-16(15(13)14)11-12-6-9-18-10-7-12/h2-4,8,12H,6-7,9-11H2,1H3. The van der Waals surface area contributed by atoms with Crippen molar-refractivity contribution in [3.05, 3.63) is 30.5 Å². The minimum absolute atomic E-state index is 0.702. The van der Waals surface area contributed by atoms with Crippen molar-refractivity contribution in [1.29, 1.82) is 0 Å². The van der Waals surface area contributed by atoms with Crippen LogP contribution in [0.1, 0.15) is 12.8 Å². The summed E-state index contributed by atoms with van der Waals surface area (Å²) in [5.41, 5.74) is 1.16. The Morgan fingerprint density at radius 2 is 2.22 bits per heavy atom. The molecule has 3 rings (SSSR count). The monoisotopic (exact) mass is 244 g/mol. The van der Waals surface area contributed by atoms with Crippen molar-refractivity contribution in [3.8, 4) is 5.75 Å². The molecule has 0 N–H and O–H groups in total. The highest BCUT2D eigenvalue weighted by atomic mass is 16.5. The molecular formula is C15H18NO2.